The van der Waals surface area contributed by atoms with Gasteiger partial charge in [0.1, 0.15) is 5.69 Å². The number of thiophene rings is 1. The fourth-order valence-corrected chi connectivity index (χ4v) is 5.66. The summed E-state index contributed by atoms with van der Waals surface area (Å²) >= 11 is 1.54. The lowest BCUT2D eigenvalue weighted by atomic mass is 9.99. The summed E-state index contributed by atoms with van der Waals surface area (Å²) in [7, 11) is -2.28. The number of ether oxygens (including phenoxy) is 1. The predicted molar refractivity (Wildman–Crippen MR) is 111 cm³/mol. The Kier molecular flexibility index (Phi) is 7.23. The summed E-state index contributed by atoms with van der Waals surface area (Å²) in [6, 6.07) is 3.84. The Morgan fingerprint density at radius 2 is 2.31 bits per heavy atom. The highest BCUT2D eigenvalue weighted by Gasteiger charge is 2.36. The van der Waals surface area contributed by atoms with Crippen LogP contribution in [0.4, 0.5) is 0 Å². The smallest absolute Gasteiger partial charge is 0.248 e. The van der Waals surface area contributed by atoms with Crippen LogP contribution in [-0.2, 0) is 19.6 Å². The molecule has 1 N–H and O–H groups in total. The van der Waals surface area contributed by atoms with Crippen LogP contribution in [0.25, 0.3) is 12.2 Å². The van der Waals surface area contributed by atoms with Gasteiger partial charge >= 0.3 is 0 Å². The monoisotopic (exact) mass is 439 g/mol. The standard InChI is InChI=1S/C19H25N3O5S2/c1-14-18(17(27-21-14)8-7-16-6-4-12-28-16)29(24,25)22-10-3-5-15(13-22)19(23)20-9-11-26-2/h4,6-8,12,15H,3,5,9-11,13H2,1-2H3,(H,20,23)/b8-7+/t15-/m0/s1. The summed E-state index contributed by atoms with van der Waals surface area (Å²) in [5.41, 5.74) is 0.308. The maximum absolute atomic E-state index is 13.3. The number of sulfonamides is 1. The molecule has 0 spiro atoms. The molecule has 1 fully saturated rings. The molecule has 2 aromatic heterocycles. The lowest BCUT2D eigenvalue weighted by Crippen LogP contribution is -2.46. The average molecular weight is 440 g/mol. The molecular formula is C19H25N3O5S2. The van der Waals surface area contributed by atoms with Crippen molar-refractivity contribution in [3.63, 3.8) is 0 Å². The molecular weight excluding hydrogens is 414 g/mol. The third-order valence-corrected chi connectivity index (χ3v) is 7.60. The zero-order chi connectivity index (χ0) is 20.9. The molecule has 3 rings (SSSR count). The number of methoxy groups -OCH3 is 1. The van der Waals surface area contributed by atoms with Crippen LogP contribution in [0.3, 0.4) is 0 Å². The Hall–Kier alpha value is -2.01. The van der Waals surface area contributed by atoms with Crippen LogP contribution in [0.1, 0.15) is 29.2 Å². The molecule has 1 atom stereocenters. The molecule has 1 saturated heterocycles. The molecule has 0 aromatic carbocycles. The van der Waals surface area contributed by atoms with Gasteiger partial charge in [-0.05, 0) is 43.4 Å². The molecule has 0 unspecified atom stereocenters. The number of rotatable bonds is 8. The SMILES string of the molecule is COCCNC(=O)[C@H]1CCCN(S(=O)(=O)c2c(C)noc2/C=C/c2cccs2)C1. The number of carbonyl (C=O) groups excluding carboxylic acids is 1. The van der Waals surface area contributed by atoms with E-state index in [4.69, 9.17) is 9.26 Å². The number of aromatic nitrogens is 1. The van der Waals surface area contributed by atoms with E-state index in [2.05, 4.69) is 10.5 Å². The Morgan fingerprint density at radius 3 is 3.03 bits per heavy atom. The van der Waals surface area contributed by atoms with Gasteiger partial charge in [-0.3, -0.25) is 4.79 Å². The number of nitrogens with one attached hydrogen (secondary N) is 1. The maximum atomic E-state index is 13.3. The van der Waals surface area contributed by atoms with Crippen molar-refractivity contribution in [2.24, 2.45) is 5.92 Å². The lowest BCUT2D eigenvalue weighted by Gasteiger charge is -2.31. The van der Waals surface area contributed by atoms with Gasteiger partial charge in [-0.1, -0.05) is 11.2 Å². The van der Waals surface area contributed by atoms with E-state index >= 15 is 0 Å². The van der Waals surface area contributed by atoms with E-state index in [1.807, 2.05) is 17.5 Å². The zero-order valence-electron chi connectivity index (χ0n) is 16.5. The van der Waals surface area contributed by atoms with E-state index in [1.54, 1.807) is 26.2 Å². The average Bonchev–Trinajstić information content (AvgIpc) is 3.36. The second-order valence-electron chi connectivity index (χ2n) is 6.80. The van der Waals surface area contributed by atoms with Gasteiger partial charge in [0.05, 0.1) is 12.5 Å². The molecule has 29 heavy (non-hydrogen) atoms. The fraction of sp³-hybridized carbons (Fsp3) is 0.474. The van der Waals surface area contributed by atoms with Crippen molar-refractivity contribution >= 4 is 39.4 Å². The Balaban J connectivity index is 1.78. The van der Waals surface area contributed by atoms with Crippen LogP contribution < -0.4 is 5.32 Å². The van der Waals surface area contributed by atoms with Gasteiger partial charge in [0.25, 0.3) is 0 Å². The minimum Gasteiger partial charge on any atom is -0.383 e. The van der Waals surface area contributed by atoms with Crippen molar-refractivity contribution in [2.45, 2.75) is 24.7 Å². The number of hydrogen-bond donors (Lipinski definition) is 1. The zero-order valence-corrected chi connectivity index (χ0v) is 18.1. The van der Waals surface area contributed by atoms with E-state index in [-0.39, 0.29) is 29.0 Å². The second-order valence-corrected chi connectivity index (χ2v) is 9.65. The highest BCUT2D eigenvalue weighted by Crippen LogP contribution is 2.29. The first-order chi connectivity index (χ1) is 13.9. The normalized spacial score (nSPS) is 18.3. The molecule has 0 aliphatic carbocycles. The van der Waals surface area contributed by atoms with Gasteiger partial charge in [-0.25, -0.2) is 8.42 Å². The molecule has 1 aliphatic heterocycles. The van der Waals surface area contributed by atoms with Crippen LogP contribution in [0, 0.1) is 12.8 Å². The van der Waals surface area contributed by atoms with Gasteiger partial charge in [-0.15, -0.1) is 11.3 Å². The minimum atomic E-state index is -3.84. The first kappa shape index (κ1) is 21.7. The highest BCUT2D eigenvalue weighted by molar-refractivity contribution is 7.89. The van der Waals surface area contributed by atoms with Crippen LogP contribution in [0.2, 0.25) is 0 Å². The summed E-state index contributed by atoms with van der Waals surface area (Å²) in [6.45, 7) is 2.93. The van der Waals surface area contributed by atoms with E-state index in [1.165, 1.54) is 15.6 Å². The lowest BCUT2D eigenvalue weighted by molar-refractivity contribution is -0.126. The van der Waals surface area contributed by atoms with E-state index in [0.717, 1.165) is 4.88 Å². The summed E-state index contributed by atoms with van der Waals surface area (Å²) in [5.74, 6) is -0.343. The van der Waals surface area contributed by atoms with E-state index < -0.39 is 10.0 Å². The van der Waals surface area contributed by atoms with Crippen molar-refractivity contribution < 1.29 is 22.5 Å². The van der Waals surface area contributed by atoms with Gasteiger partial charge in [0, 0.05) is 31.6 Å². The summed E-state index contributed by atoms with van der Waals surface area (Å²) in [6.07, 6.45) is 4.69. The van der Waals surface area contributed by atoms with Crippen molar-refractivity contribution in [3.05, 3.63) is 33.8 Å². The molecule has 3 heterocycles. The van der Waals surface area contributed by atoms with E-state index in [0.29, 0.717) is 38.2 Å². The summed E-state index contributed by atoms with van der Waals surface area (Å²) in [4.78, 5) is 13.4. The number of amides is 1. The molecule has 158 valence electrons. The topological polar surface area (TPSA) is 102 Å². The molecule has 1 aliphatic rings. The van der Waals surface area contributed by atoms with Crippen LogP contribution in [0.5, 0.6) is 0 Å². The maximum Gasteiger partial charge on any atom is 0.248 e. The Labute approximate surface area is 174 Å². The predicted octanol–water partition coefficient (Wildman–Crippen LogP) is 2.38. The molecule has 8 nitrogen and oxygen atoms in total. The van der Waals surface area contributed by atoms with Gasteiger partial charge < -0.3 is 14.6 Å². The first-order valence-corrected chi connectivity index (χ1v) is 11.7. The van der Waals surface area contributed by atoms with Gasteiger partial charge in [0.2, 0.25) is 15.9 Å². The van der Waals surface area contributed by atoms with Crippen molar-refractivity contribution in [2.75, 3.05) is 33.4 Å². The van der Waals surface area contributed by atoms with E-state index in [9.17, 15) is 13.2 Å². The number of aryl methyl sites for hydroxylation is 1. The van der Waals surface area contributed by atoms with Crippen molar-refractivity contribution in [1.29, 1.82) is 0 Å². The minimum absolute atomic E-state index is 0.0609. The molecule has 0 radical (unpaired) electrons. The third kappa shape index (κ3) is 5.13. The first-order valence-electron chi connectivity index (χ1n) is 9.38. The number of hydrogen-bond acceptors (Lipinski definition) is 7. The summed E-state index contributed by atoms with van der Waals surface area (Å²) in [5, 5.41) is 8.59. The number of carbonyl (C=O) groups is 1. The van der Waals surface area contributed by atoms with Crippen LogP contribution in [-0.4, -0.2) is 57.1 Å². The fourth-order valence-electron chi connectivity index (χ4n) is 3.27. The van der Waals surface area contributed by atoms with Gasteiger partial charge in [0.15, 0.2) is 10.7 Å². The second kappa shape index (κ2) is 9.66. The Morgan fingerprint density at radius 1 is 1.48 bits per heavy atom. The third-order valence-electron chi connectivity index (χ3n) is 4.73. The largest absolute Gasteiger partial charge is 0.383 e. The van der Waals surface area contributed by atoms with Gasteiger partial charge in [-0.2, -0.15) is 4.31 Å². The molecule has 10 heteroatoms. The molecule has 2 aromatic rings. The Bertz CT molecular complexity index is 951. The highest BCUT2D eigenvalue weighted by atomic mass is 32.2. The van der Waals surface area contributed by atoms with Crippen molar-refractivity contribution in [3.8, 4) is 0 Å². The van der Waals surface area contributed by atoms with Crippen LogP contribution >= 0.6 is 11.3 Å². The number of nitrogens with zero attached hydrogens (tertiary/aromatic N) is 2. The summed E-state index contributed by atoms with van der Waals surface area (Å²) < 4.78 is 38.2. The van der Waals surface area contributed by atoms with Crippen LogP contribution in [0.15, 0.2) is 26.9 Å². The quantitative estimate of drug-likeness (QED) is 0.634. The molecule has 0 bridgehead atoms. The molecule has 0 saturated carbocycles. The molecule has 1 amide bonds. The number of piperidine rings is 1. The van der Waals surface area contributed by atoms with Crippen molar-refractivity contribution in [1.82, 2.24) is 14.8 Å².